The third-order valence-electron chi connectivity index (χ3n) is 8.91. The molecule has 3 rings (SSSR count). The van der Waals surface area contributed by atoms with Crippen molar-refractivity contribution in [3.63, 3.8) is 0 Å². The topological polar surface area (TPSA) is 137 Å². The van der Waals surface area contributed by atoms with Crippen molar-refractivity contribution in [3.8, 4) is 12.3 Å². The first kappa shape index (κ1) is 36.8. The number of hydrogen-bond donors (Lipinski definition) is 4. The second-order valence-electron chi connectivity index (χ2n) is 13.2. The molecular formula is C36H53N5O5. The predicted molar refractivity (Wildman–Crippen MR) is 178 cm³/mol. The summed E-state index contributed by atoms with van der Waals surface area (Å²) in [6.45, 7) is 4.96. The lowest BCUT2D eigenvalue weighted by Gasteiger charge is -2.33. The first-order chi connectivity index (χ1) is 22.1. The summed E-state index contributed by atoms with van der Waals surface area (Å²) < 4.78 is 1.88. The third-order valence-corrected chi connectivity index (χ3v) is 8.91. The number of benzene rings is 1. The molecule has 10 nitrogen and oxygen atoms in total. The van der Waals surface area contributed by atoms with Crippen molar-refractivity contribution in [3.05, 3.63) is 54.6 Å². The predicted octanol–water partition coefficient (Wildman–Crippen LogP) is 3.32. The van der Waals surface area contributed by atoms with E-state index < -0.39 is 42.0 Å². The van der Waals surface area contributed by atoms with E-state index in [1.54, 1.807) is 24.5 Å². The maximum absolute atomic E-state index is 13.8. The van der Waals surface area contributed by atoms with Crippen LogP contribution >= 0.6 is 0 Å². The molecule has 1 aromatic heterocycles. The highest BCUT2D eigenvalue weighted by Crippen LogP contribution is 2.29. The van der Waals surface area contributed by atoms with E-state index in [2.05, 4.69) is 21.5 Å². The van der Waals surface area contributed by atoms with E-state index in [1.807, 2.05) is 54.9 Å². The number of aromatic nitrogens is 2. The lowest BCUT2D eigenvalue weighted by Crippen LogP contribution is -2.56. The molecule has 1 heterocycles. The van der Waals surface area contributed by atoms with E-state index >= 15 is 0 Å². The largest absolute Gasteiger partial charge is 0.390 e. The molecule has 3 amide bonds. The van der Waals surface area contributed by atoms with Crippen LogP contribution in [0.1, 0.15) is 77.2 Å². The maximum atomic E-state index is 13.8. The first-order valence-electron chi connectivity index (χ1n) is 16.7. The standard InChI is InChI=1S/C36H53N5O5/c1-5-12-30(36(46)39-31(23-28-15-10-7-11-16-28)34(44)32(42)21-26(2)3)38-35(45)29(22-27-13-8-6-9-14-27)24-33(43)40(4)19-20-41-18-17-37-25-41/h1,6,8-9,13-14,17-18,25-26,28-32,34,42,44H,7,10-12,15-16,19-24H2,2-4H3,(H,38,45)(H,39,46). The van der Waals surface area contributed by atoms with Crippen LogP contribution in [0.4, 0.5) is 0 Å². The maximum Gasteiger partial charge on any atom is 0.243 e. The zero-order chi connectivity index (χ0) is 33.5. The van der Waals surface area contributed by atoms with Gasteiger partial charge in [0.25, 0.3) is 0 Å². The molecular weight excluding hydrogens is 582 g/mol. The minimum Gasteiger partial charge on any atom is -0.390 e. The van der Waals surface area contributed by atoms with Gasteiger partial charge in [0, 0.05) is 45.4 Å². The van der Waals surface area contributed by atoms with E-state index in [4.69, 9.17) is 6.42 Å². The summed E-state index contributed by atoms with van der Waals surface area (Å²) in [6.07, 6.45) is 15.2. The van der Waals surface area contributed by atoms with Crippen LogP contribution in [0, 0.1) is 30.1 Å². The van der Waals surface area contributed by atoms with Crippen molar-refractivity contribution in [2.75, 3.05) is 13.6 Å². The first-order valence-corrected chi connectivity index (χ1v) is 16.7. The summed E-state index contributed by atoms with van der Waals surface area (Å²) >= 11 is 0. The monoisotopic (exact) mass is 635 g/mol. The molecule has 1 aliphatic rings. The Kier molecular flexibility index (Phi) is 15.3. The number of terminal acetylenes is 1. The Hall–Kier alpha value is -3.68. The van der Waals surface area contributed by atoms with Crippen LogP contribution in [-0.4, -0.2) is 80.3 Å². The number of nitrogens with zero attached hydrogens (tertiary/aromatic N) is 3. The number of nitrogens with one attached hydrogen (secondary N) is 2. The minimum absolute atomic E-state index is 0.0457. The molecule has 1 aliphatic carbocycles. The number of amides is 3. The minimum atomic E-state index is -1.16. The average Bonchev–Trinajstić information content (AvgIpc) is 3.57. The van der Waals surface area contributed by atoms with Crippen molar-refractivity contribution in [2.24, 2.45) is 17.8 Å². The van der Waals surface area contributed by atoms with Crippen LogP contribution in [-0.2, 0) is 27.3 Å². The van der Waals surface area contributed by atoms with E-state index in [1.165, 1.54) is 6.42 Å². The molecule has 10 heteroatoms. The van der Waals surface area contributed by atoms with Gasteiger partial charge in [-0.2, -0.15) is 0 Å². The molecule has 5 unspecified atom stereocenters. The fraction of sp³-hybridized carbons (Fsp3) is 0.611. The highest BCUT2D eigenvalue weighted by molar-refractivity contribution is 5.91. The second-order valence-corrected chi connectivity index (χ2v) is 13.2. The van der Waals surface area contributed by atoms with Crippen molar-refractivity contribution >= 4 is 17.7 Å². The molecule has 1 fully saturated rings. The van der Waals surface area contributed by atoms with Gasteiger partial charge >= 0.3 is 0 Å². The van der Waals surface area contributed by atoms with Gasteiger partial charge in [0.05, 0.1) is 24.4 Å². The van der Waals surface area contributed by atoms with Crippen molar-refractivity contribution in [1.29, 1.82) is 0 Å². The van der Waals surface area contributed by atoms with Crippen LogP contribution in [0.5, 0.6) is 0 Å². The van der Waals surface area contributed by atoms with Crippen LogP contribution in [0.15, 0.2) is 49.1 Å². The number of carbonyl (C=O) groups is 3. The number of hydrogen-bond acceptors (Lipinski definition) is 6. The molecule has 0 aliphatic heterocycles. The van der Waals surface area contributed by atoms with Crippen molar-refractivity contribution in [1.82, 2.24) is 25.1 Å². The Morgan fingerprint density at radius 2 is 1.80 bits per heavy atom. The molecule has 46 heavy (non-hydrogen) atoms. The Bertz CT molecular complexity index is 1240. The molecule has 4 N–H and O–H groups in total. The fourth-order valence-electron chi connectivity index (χ4n) is 6.19. The van der Waals surface area contributed by atoms with Gasteiger partial charge in [-0.05, 0) is 36.7 Å². The summed E-state index contributed by atoms with van der Waals surface area (Å²) in [5, 5.41) is 27.7. The molecule has 0 radical (unpaired) electrons. The zero-order valence-electron chi connectivity index (χ0n) is 27.7. The number of aliphatic hydroxyl groups is 2. The molecule has 252 valence electrons. The Morgan fingerprint density at radius 3 is 2.43 bits per heavy atom. The van der Waals surface area contributed by atoms with Gasteiger partial charge in [-0.1, -0.05) is 76.3 Å². The number of aliphatic hydroxyl groups excluding tert-OH is 2. The molecule has 1 saturated carbocycles. The van der Waals surface area contributed by atoms with E-state index in [-0.39, 0.29) is 24.7 Å². The van der Waals surface area contributed by atoms with Crippen molar-refractivity contribution in [2.45, 2.75) is 109 Å². The zero-order valence-corrected chi connectivity index (χ0v) is 27.7. The van der Waals surface area contributed by atoms with Gasteiger partial charge in [0.15, 0.2) is 0 Å². The highest BCUT2D eigenvalue weighted by Gasteiger charge is 2.34. The normalized spacial score (nSPS) is 16.9. The van der Waals surface area contributed by atoms with Gasteiger partial charge < -0.3 is 30.3 Å². The van der Waals surface area contributed by atoms with Crippen LogP contribution in [0.3, 0.4) is 0 Å². The molecule has 0 bridgehead atoms. The highest BCUT2D eigenvalue weighted by atomic mass is 16.3. The SMILES string of the molecule is C#CCC(NC(=O)C(CC(=O)N(C)CCn1ccnc1)Cc1ccccc1)C(=O)NC(CC1CCCCC1)C(O)C(O)CC(C)C. The van der Waals surface area contributed by atoms with Gasteiger partial charge in [0.2, 0.25) is 17.7 Å². The number of rotatable bonds is 18. The van der Waals surface area contributed by atoms with Crippen molar-refractivity contribution < 1.29 is 24.6 Å². The quantitative estimate of drug-likeness (QED) is 0.186. The Labute approximate surface area is 274 Å². The smallest absolute Gasteiger partial charge is 0.243 e. The molecule has 1 aromatic carbocycles. The van der Waals surface area contributed by atoms with Gasteiger partial charge in [-0.3, -0.25) is 14.4 Å². The lowest BCUT2D eigenvalue weighted by molar-refractivity contribution is -0.137. The van der Waals surface area contributed by atoms with E-state index in [0.29, 0.717) is 38.3 Å². The van der Waals surface area contributed by atoms with Gasteiger partial charge in [-0.15, -0.1) is 12.3 Å². The molecule has 0 saturated heterocycles. The third kappa shape index (κ3) is 12.3. The lowest BCUT2D eigenvalue weighted by atomic mass is 9.82. The van der Waals surface area contributed by atoms with Crippen LogP contribution < -0.4 is 10.6 Å². The summed E-state index contributed by atoms with van der Waals surface area (Å²) in [6, 6.07) is 7.70. The summed E-state index contributed by atoms with van der Waals surface area (Å²) in [5.74, 6) is 1.10. The second kappa shape index (κ2) is 19.1. The van der Waals surface area contributed by atoms with E-state index in [0.717, 1.165) is 31.2 Å². The average molecular weight is 636 g/mol. The Morgan fingerprint density at radius 1 is 1.09 bits per heavy atom. The summed E-state index contributed by atoms with van der Waals surface area (Å²) in [7, 11) is 1.71. The fourth-order valence-corrected chi connectivity index (χ4v) is 6.19. The number of likely N-dealkylation sites (N-methyl/N-ethyl adjacent to an activating group) is 1. The Balaban J connectivity index is 1.73. The van der Waals surface area contributed by atoms with E-state index in [9.17, 15) is 24.6 Å². The van der Waals surface area contributed by atoms with Crippen LogP contribution in [0.25, 0.3) is 0 Å². The summed E-state index contributed by atoms with van der Waals surface area (Å²) in [4.78, 5) is 46.3. The number of imidazole rings is 1. The molecule has 0 spiro atoms. The van der Waals surface area contributed by atoms with Crippen LogP contribution in [0.2, 0.25) is 0 Å². The number of carbonyl (C=O) groups excluding carboxylic acids is 3. The van der Waals surface area contributed by atoms with Gasteiger partial charge in [-0.25, -0.2) is 4.98 Å². The summed E-state index contributed by atoms with van der Waals surface area (Å²) in [5.41, 5.74) is 0.893. The molecule has 5 atom stereocenters. The van der Waals surface area contributed by atoms with Gasteiger partial charge in [0.1, 0.15) is 12.1 Å². The molecule has 2 aromatic rings.